The Labute approximate surface area is 105 Å². The molecule has 0 rings (SSSR count). The Bertz CT molecular complexity index is 73.7. The Hall–Kier alpha value is 2.33. The Kier molecular flexibility index (Phi) is 39.7. The van der Waals surface area contributed by atoms with Crippen molar-refractivity contribution in [2.24, 2.45) is 0 Å². The molecule has 0 amide bonds. The van der Waals surface area contributed by atoms with Gasteiger partial charge in [0.05, 0.1) is 0 Å². The van der Waals surface area contributed by atoms with Crippen LogP contribution in [0.5, 0.6) is 0 Å². The van der Waals surface area contributed by atoms with Crippen molar-refractivity contribution >= 4 is 77.3 Å². The monoisotopic (exact) mass is 224 g/mol. The molecule has 0 atom stereocenters. The molecule has 0 radical (unpaired) electrons. The summed E-state index contributed by atoms with van der Waals surface area (Å²) in [6.45, 7) is 0. The molecule has 0 saturated heterocycles. The van der Waals surface area contributed by atoms with Gasteiger partial charge in [0.25, 0.3) is 0 Å². The van der Waals surface area contributed by atoms with Gasteiger partial charge in [0, 0.05) is 0 Å². The fourth-order valence-corrected chi connectivity index (χ4v) is 0. The van der Waals surface area contributed by atoms with Gasteiger partial charge >= 0.3 is 60.8 Å². The summed E-state index contributed by atoms with van der Waals surface area (Å²) in [5, 5.41) is 0. The van der Waals surface area contributed by atoms with Gasteiger partial charge in [0.15, 0.2) is 0 Å². The fraction of sp³-hybridized carbons (Fsp3) is 0. The van der Waals surface area contributed by atoms with Crippen molar-refractivity contribution in [3.8, 4) is 0 Å². The predicted octanol–water partition coefficient (Wildman–Crippen LogP) is -4.57. The van der Waals surface area contributed by atoms with Crippen molar-refractivity contribution in [1.82, 2.24) is 0 Å². The second-order valence-electron chi connectivity index (χ2n) is 0.500. The Balaban J connectivity index is -0.0000000300. The molecule has 0 unspecified atom stereocenters. The topological polar surface area (TPSA) is 126 Å². The Morgan fingerprint density at radius 2 is 0.800 bits per heavy atom. The summed E-state index contributed by atoms with van der Waals surface area (Å²) < 4.78 is 17.0. The van der Waals surface area contributed by atoms with Crippen LogP contribution >= 0.6 is 16.5 Å². The van der Waals surface area contributed by atoms with E-state index < -0.39 is 16.5 Å². The number of hydrogen-bond acceptors (Lipinski definition) is 6. The molecule has 0 fully saturated rings. The standard InChI is InChI=1S/Ca.Mg.2H3O3P/c;;2*1-4(2)3/h;;2*4H,(H2,1,2,3)/q2*+2;;/p-4. The maximum atomic E-state index is 8.52. The first kappa shape index (κ1) is 22.8. The molecule has 10 heavy (non-hydrogen) atoms. The zero-order valence-electron chi connectivity index (χ0n) is 4.86. The molecule has 0 bridgehead atoms. The SMILES string of the molecule is O=[PH]([O-])[O-].O=[PH]([O-])[O-].[Ca+2].[Mg+2]. The minimum absolute atomic E-state index is 0. The summed E-state index contributed by atoms with van der Waals surface area (Å²) in [4.78, 5) is 34.1. The third-order valence-corrected chi connectivity index (χ3v) is 0. The molecule has 0 saturated carbocycles. The van der Waals surface area contributed by atoms with Gasteiger partial charge in [-0.15, -0.1) is 0 Å². The van der Waals surface area contributed by atoms with E-state index in [1.165, 1.54) is 0 Å². The summed E-state index contributed by atoms with van der Waals surface area (Å²) in [5.41, 5.74) is 0. The van der Waals surface area contributed by atoms with Crippen LogP contribution in [0.3, 0.4) is 0 Å². The molecule has 0 aromatic heterocycles. The molecule has 0 aliphatic rings. The third kappa shape index (κ3) is 166. The summed E-state index contributed by atoms with van der Waals surface area (Å²) in [6.07, 6.45) is 0. The minimum Gasteiger partial charge on any atom is -0.813 e. The van der Waals surface area contributed by atoms with Gasteiger partial charge in [-0.2, -0.15) is 0 Å². The number of rotatable bonds is 0. The number of hydrogen-bond donors (Lipinski definition) is 0. The van der Waals surface area contributed by atoms with Crippen LogP contribution in [0.1, 0.15) is 0 Å². The quantitative estimate of drug-likeness (QED) is 0.301. The van der Waals surface area contributed by atoms with E-state index in [-0.39, 0.29) is 60.8 Å². The fourth-order valence-electron chi connectivity index (χ4n) is 0. The molecule has 0 aromatic carbocycles. The van der Waals surface area contributed by atoms with Gasteiger partial charge in [0.1, 0.15) is 0 Å². The van der Waals surface area contributed by atoms with Crippen LogP contribution in [0, 0.1) is 0 Å². The van der Waals surface area contributed by atoms with Crippen LogP contribution in [0.2, 0.25) is 0 Å². The van der Waals surface area contributed by atoms with E-state index in [1.54, 1.807) is 0 Å². The smallest absolute Gasteiger partial charge is 0.813 e. The van der Waals surface area contributed by atoms with Crippen molar-refractivity contribution in [3.05, 3.63) is 0 Å². The molecule has 52 valence electrons. The summed E-state index contributed by atoms with van der Waals surface area (Å²) in [6, 6.07) is 0. The molecular weight excluding hydrogens is 222 g/mol. The molecule has 6 nitrogen and oxygen atoms in total. The van der Waals surface area contributed by atoms with Crippen LogP contribution in [0.25, 0.3) is 0 Å². The van der Waals surface area contributed by atoms with Crippen LogP contribution < -0.4 is 19.6 Å². The first-order valence-corrected chi connectivity index (χ1v) is 3.67. The second kappa shape index (κ2) is 17.4. The van der Waals surface area contributed by atoms with E-state index in [0.717, 1.165) is 0 Å². The van der Waals surface area contributed by atoms with E-state index in [2.05, 4.69) is 0 Å². The summed E-state index contributed by atoms with van der Waals surface area (Å²) in [5.74, 6) is 0. The van der Waals surface area contributed by atoms with Gasteiger partial charge in [-0.05, 0) is 0 Å². The molecular formula is H2CaMgO6P2. The largest absolute Gasteiger partial charge is 2.00 e. The van der Waals surface area contributed by atoms with Crippen molar-refractivity contribution in [3.63, 3.8) is 0 Å². The molecule has 0 spiro atoms. The van der Waals surface area contributed by atoms with Gasteiger partial charge < -0.3 is 28.7 Å². The third-order valence-electron chi connectivity index (χ3n) is 0. The van der Waals surface area contributed by atoms with E-state index in [4.69, 9.17) is 28.7 Å². The summed E-state index contributed by atoms with van der Waals surface area (Å²) in [7, 11) is -7.26. The Morgan fingerprint density at radius 3 is 0.800 bits per heavy atom. The van der Waals surface area contributed by atoms with E-state index in [1.807, 2.05) is 0 Å². The Morgan fingerprint density at radius 1 is 0.800 bits per heavy atom. The van der Waals surface area contributed by atoms with Crippen LogP contribution in [0.4, 0.5) is 0 Å². The van der Waals surface area contributed by atoms with E-state index >= 15 is 0 Å². The van der Waals surface area contributed by atoms with Gasteiger partial charge in [-0.1, -0.05) is 16.5 Å². The maximum absolute atomic E-state index is 8.52. The summed E-state index contributed by atoms with van der Waals surface area (Å²) >= 11 is 0. The molecule has 0 aliphatic heterocycles. The van der Waals surface area contributed by atoms with Crippen LogP contribution in [-0.4, -0.2) is 60.8 Å². The van der Waals surface area contributed by atoms with Crippen LogP contribution in [-0.2, 0) is 9.13 Å². The van der Waals surface area contributed by atoms with Crippen molar-refractivity contribution in [1.29, 1.82) is 0 Å². The first-order valence-electron chi connectivity index (χ1n) is 1.22. The van der Waals surface area contributed by atoms with E-state index in [9.17, 15) is 0 Å². The molecule has 0 aromatic rings. The first-order chi connectivity index (χ1) is 3.46. The minimum atomic E-state index is -3.63. The zero-order valence-corrected chi connectivity index (χ0v) is 10.5. The molecule has 0 heterocycles. The predicted molar refractivity (Wildman–Crippen MR) is 29.5 cm³/mol. The molecule has 0 N–H and O–H groups in total. The second-order valence-corrected chi connectivity index (χ2v) is 1.50. The van der Waals surface area contributed by atoms with Crippen LogP contribution in [0.15, 0.2) is 0 Å². The van der Waals surface area contributed by atoms with Crippen molar-refractivity contribution in [2.45, 2.75) is 0 Å². The maximum Gasteiger partial charge on any atom is 2.00 e. The average Bonchev–Trinajstić information content (AvgIpc) is 1.25. The normalized spacial score (nSPS) is 7.00. The molecule has 0 aliphatic carbocycles. The van der Waals surface area contributed by atoms with Gasteiger partial charge in [-0.3, -0.25) is 0 Å². The average molecular weight is 224 g/mol. The van der Waals surface area contributed by atoms with Crippen molar-refractivity contribution < 1.29 is 28.7 Å². The van der Waals surface area contributed by atoms with Gasteiger partial charge in [0.2, 0.25) is 0 Å². The van der Waals surface area contributed by atoms with Crippen molar-refractivity contribution in [2.75, 3.05) is 0 Å². The zero-order chi connectivity index (χ0) is 7.15. The van der Waals surface area contributed by atoms with Gasteiger partial charge in [-0.25, -0.2) is 0 Å². The van der Waals surface area contributed by atoms with E-state index in [0.29, 0.717) is 0 Å². The molecule has 10 heteroatoms.